The van der Waals surface area contributed by atoms with Gasteiger partial charge in [0.1, 0.15) is 0 Å². The van der Waals surface area contributed by atoms with Crippen LogP contribution in [0, 0.1) is 6.92 Å². The second kappa shape index (κ2) is 10.6. The third-order valence-electron chi connectivity index (χ3n) is 5.67. The molecule has 2 N–H and O–H groups in total. The summed E-state index contributed by atoms with van der Waals surface area (Å²) >= 11 is 5.82. The number of pyridine rings is 1. The van der Waals surface area contributed by atoms with Crippen LogP contribution in [-0.4, -0.2) is 48.1 Å². The number of hydrazone groups is 1. The molecule has 1 heterocycles. The van der Waals surface area contributed by atoms with E-state index < -0.39 is 28.0 Å². The highest BCUT2D eigenvalue weighted by atomic mass is 35.5. The van der Waals surface area contributed by atoms with Gasteiger partial charge >= 0.3 is 0 Å². The molecule has 1 amide bonds. The first-order valence-electron chi connectivity index (χ1n) is 11.1. The molecule has 4 rings (SSSR count). The first-order chi connectivity index (χ1) is 17.6. The molecule has 1 aromatic heterocycles. The van der Waals surface area contributed by atoms with Crippen LogP contribution in [-0.2, 0) is 14.8 Å². The normalized spacial score (nSPS) is 11.9. The smallest absolute Gasteiger partial charge is 0.265 e. The highest BCUT2D eigenvalue weighted by molar-refractivity contribution is 7.89. The molecular formula is C26H23ClN4O5S. The predicted octanol–water partition coefficient (Wildman–Crippen LogP) is 3.43. The van der Waals surface area contributed by atoms with Crippen LogP contribution in [0.1, 0.15) is 11.1 Å². The number of aromatic nitrogens is 1. The monoisotopic (exact) mass is 538 g/mol. The molecule has 0 saturated carbocycles. The molecule has 3 aromatic carbocycles. The van der Waals surface area contributed by atoms with Gasteiger partial charge in [-0.3, -0.25) is 9.59 Å². The van der Waals surface area contributed by atoms with Gasteiger partial charge in [0.25, 0.3) is 11.5 Å². The van der Waals surface area contributed by atoms with Crippen molar-refractivity contribution in [3.05, 3.63) is 99.3 Å². The van der Waals surface area contributed by atoms with Crippen LogP contribution in [0.3, 0.4) is 0 Å². The van der Waals surface area contributed by atoms with Crippen molar-refractivity contribution in [1.29, 1.82) is 0 Å². The zero-order valence-corrected chi connectivity index (χ0v) is 21.5. The van der Waals surface area contributed by atoms with E-state index in [2.05, 4.69) is 10.5 Å². The van der Waals surface area contributed by atoms with Crippen molar-refractivity contribution < 1.29 is 18.3 Å². The van der Waals surface area contributed by atoms with Crippen LogP contribution >= 0.6 is 11.6 Å². The van der Waals surface area contributed by atoms with Gasteiger partial charge in [0.2, 0.25) is 15.9 Å². The molecule has 0 unspecified atom stereocenters. The maximum absolute atomic E-state index is 13.1. The fourth-order valence-electron chi connectivity index (χ4n) is 3.70. The Kier molecular flexibility index (Phi) is 7.44. The molecule has 11 heteroatoms. The van der Waals surface area contributed by atoms with Crippen LogP contribution in [0.5, 0.6) is 5.88 Å². The quantitative estimate of drug-likeness (QED) is 0.276. The summed E-state index contributed by atoms with van der Waals surface area (Å²) in [6.07, 6.45) is 1.22. The molecule has 0 aliphatic rings. The van der Waals surface area contributed by atoms with E-state index in [1.807, 2.05) is 19.1 Å². The summed E-state index contributed by atoms with van der Waals surface area (Å²) in [6, 6.07) is 19.4. The van der Waals surface area contributed by atoms with E-state index in [1.54, 1.807) is 36.4 Å². The largest absolute Gasteiger partial charge is 0.494 e. The number of likely N-dealkylation sites (N-methyl/N-ethyl adjacent to an activating group) is 1. The summed E-state index contributed by atoms with van der Waals surface area (Å²) < 4.78 is 27.4. The van der Waals surface area contributed by atoms with Gasteiger partial charge in [-0.1, -0.05) is 47.5 Å². The number of nitrogens with one attached hydrogen (secondary N) is 1. The number of hydrogen-bond donors (Lipinski definition) is 2. The van der Waals surface area contributed by atoms with Crippen molar-refractivity contribution in [3.8, 4) is 11.6 Å². The van der Waals surface area contributed by atoms with Gasteiger partial charge in [-0.25, -0.2) is 18.4 Å². The van der Waals surface area contributed by atoms with Gasteiger partial charge in [-0.15, -0.1) is 0 Å². The Labute approximate surface area is 218 Å². The molecule has 4 aromatic rings. The Balaban J connectivity index is 1.60. The number of aryl methyl sites for hydroxylation is 1. The Morgan fingerprint density at radius 1 is 1.05 bits per heavy atom. The van der Waals surface area contributed by atoms with Gasteiger partial charge in [0, 0.05) is 22.8 Å². The van der Waals surface area contributed by atoms with E-state index in [4.69, 9.17) is 11.6 Å². The van der Waals surface area contributed by atoms with E-state index in [1.165, 1.54) is 37.5 Å². The number of carbonyl (C=O) groups excluding carboxylic acids is 1. The minimum absolute atomic E-state index is 0.00884. The number of carbonyl (C=O) groups is 1. The Bertz CT molecular complexity index is 1660. The van der Waals surface area contributed by atoms with Crippen molar-refractivity contribution in [2.24, 2.45) is 5.10 Å². The first kappa shape index (κ1) is 26.1. The van der Waals surface area contributed by atoms with E-state index >= 15 is 0 Å². The molecule has 0 fully saturated rings. The van der Waals surface area contributed by atoms with Crippen molar-refractivity contribution in [2.75, 3.05) is 13.6 Å². The standard InChI is InChI=1S/C26H23ClN4O5S/c1-17-7-11-19(12-8-17)31-25(33)22-6-4-3-5-21(22)23(26(31)34)15-28-29-24(32)16-30(2)37(35,36)20-13-9-18(27)10-14-20/h3-15,34H,16H2,1-2H3,(H,29,32). The van der Waals surface area contributed by atoms with Crippen LogP contribution in [0.4, 0.5) is 0 Å². The van der Waals surface area contributed by atoms with Crippen molar-refractivity contribution in [2.45, 2.75) is 11.8 Å². The molecular weight excluding hydrogens is 516 g/mol. The van der Waals surface area contributed by atoms with Gasteiger partial charge < -0.3 is 5.11 Å². The number of rotatable bonds is 7. The molecule has 0 bridgehead atoms. The average molecular weight is 539 g/mol. The van der Waals surface area contributed by atoms with E-state index in [-0.39, 0.29) is 16.3 Å². The van der Waals surface area contributed by atoms with Gasteiger partial charge in [-0.2, -0.15) is 9.41 Å². The number of aromatic hydroxyl groups is 1. The highest BCUT2D eigenvalue weighted by Gasteiger charge is 2.23. The molecule has 0 radical (unpaired) electrons. The summed E-state index contributed by atoms with van der Waals surface area (Å²) in [5, 5.41) is 16.1. The van der Waals surface area contributed by atoms with Crippen LogP contribution in [0.15, 0.2) is 87.6 Å². The summed E-state index contributed by atoms with van der Waals surface area (Å²) in [6.45, 7) is 1.41. The second-order valence-electron chi connectivity index (χ2n) is 8.27. The zero-order valence-electron chi connectivity index (χ0n) is 19.9. The number of hydrogen-bond acceptors (Lipinski definition) is 6. The predicted molar refractivity (Wildman–Crippen MR) is 143 cm³/mol. The molecule has 0 aliphatic carbocycles. The molecule has 9 nitrogen and oxygen atoms in total. The minimum atomic E-state index is -3.92. The number of halogens is 1. The number of fused-ring (bicyclic) bond motifs is 1. The fraction of sp³-hybridized carbons (Fsp3) is 0.115. The lowest BCUT2D eigenvalue weighted by Crippen LogP contribution is -2.36. The summed E-state index contributed by atoms with van der Waals surface area (Å²) in [7, 11) is -2.66. The SMILES string of the molecule is Cc1ccc(-n2c(O)c(C=NNC(=O)CN(C)S(=O)(=O)c3ccc(Cl)cc3)c3ccccc3c2=O)cc1. The Morgan fingerprint density at radius 3 is 2.32 bits per heavy atom. The fourth-order valence-corrected chi connectivity index (χ4v) is 4.95. The van der Waals surface area contributed by atoms with Crippen molar-refractivity contribution in [1.82, 2.24) is 14.3 Å². The van der Waals surface area contributed by atoms with Crippen LogP contribution in [0.2, 0.25) is 5.02 Å². The molecule has 0 saturated heterocycles. The topological polar surface area (TPSA) is 121 Å². The zero-order chi connectivity index (χ0) is 26.7. The number of amides is 1. The van der Waals surface area contributed by atoms with Gasteiger partial charge in [0.05, 0.1) is 28.9 Å². The second-order valence-corrected chi connectivity index (χ2v) is 10.7. The van der Waals surface area contributed by atoms with Crippen LogP contribution in [0.25, 0.3) is 16.5 Å². The first-order valence-corrected chi connectivity index (χ1v) is 12.9. The number of sulfonamides is 1. The lowest BCUT2D eigenvalue weighted by Gasteiger charge is -2.16. The van der Waals surface area contributed by atoms with Gasteiger partial charge in [-0.05, 0) is 49.4 Å². The van der Waals surface area contributed by atoms with E-state index in [9.17, 15) is 23.1 Å². The molecule has 37 heavy (non-hydrogen) atoms. The number of benzene rings is 3. The molecule has 0 aliphatic heterocycles. The highest BCUT2D eigenvalue weighted by Crippen LogP contribution is 2.26. The van der Waals surface area contributed by atoms with E-state index in [0.717, 1.165) is 14.4 Å². The van der Waals surface area contributed by atoms with Gasteiger partial charge in [0.15, 0.2) is 0 Å². The molecule has 0 atom stereocenters. The Morgan fingerprint density at radius 2 is 1.68 bits per heavy atom. The maximum atomic E-state index is 13.1. The van der Waals surface area contributed by atoms with E-state index in [0.29, 0.717) is 21.5 Å². The number of nitrogens with zero attached hydrogens (tertiary/aromatic N) is 3. The third-order valence-corrected chi connectivity index (χ3v) is 7.74. The van der Waals surface area contributed by atoms with Crippen molar-refractivity contribution >= 4 is 44.5 Å². The van der Waals surface area contributed by atoms with Crippen molar-refractivity contribution in [3.63, 3.8) is 0 Å². The minimum Gasteiger partial charge on any atom is -0.494 e. The summed E-state index contributed by atoms with van der Waals surface area (Å²) in [5.41, 5.74) is 3.52. The lowest BCUT2D eigenvalue weighted by molar-refractivity contribution is -0.121. The molecule has 0 spiro atoms. The van der Waals surface area contributed by atoms with Crippen LogP contribution < -0.4 is 11.0 Å². The maximum Gasteiger partial charge on any atom is 0.265 e. The Hall–Kier alpha value is -3.99. The average Bonchev–Trinajstić information content (AvgIpc) is 2.87. The molecule has 190 valence electrons. The summed E-state index contributed by atoms with van der Waals surface area (Å²) in [4.78, 5) is 25.6. The third kappa shape index (κ3) is 5.41. The lowest BCUT2D eigenvalue weighted by atomic mass is 10.1. The summed E-state index contributed by atoms with van der Waals surface area (Å²) in [5.74, 6) is -1.06.